The molecular weight excluding hydrogens is 328 g/mol. The average molecular weight is 352 g/mol. The summed E-state index contributed by atoms with van der Waals surface area (Å²) < 4.78 is 5.28. The number of likely N-dealkylation sites (tertiary alicyclic amines) is 1. The SMILES string of the molecule is COc1ccc([C@H]2[C@H]3CNC[C@H]3CN2C(=O)c2c(C)ncnc2C)cc1. The van der Waals surface area contributed by atoms with Crippen molar-refractivity contribution < 1.29 is 9.53 Å². The van der Waals surface area contributed by atoms with Gasteiger partial charge in [0, 0.05) is 25.6 Å². The molecule has 3 heterocycles. The van der Waals surface area contributed by atoms with Crippen molar-refractivity contribution in [3.05, 3.63) is 53.1 Å². The van der Waals surface area contributed by atoms with Crippen LogP contribution in [-0.2, 0) is 0 Å². The summed E-state index contributed by atoms with van der Waals surface area (Å²) in [5.41, 5.74) is 3.28. The maximum Gasteiger partial charge on any atom is 0.258 e. The molecule has 0 unspecified atom stereocenters. The van der Waals surface area contributed by atoms with E-state index in [9.17, 15) is 4.79 Å². The van der Waals surface area contributed by atoms with Crippen LogP contribution in [0.25, 0.3) is 0 Å². The smallest absolute Gasteiger partial charge is 0.258 e. The molecule has 1 aromatic carbocycles. The van der Waals surface area contributed by atoms with Crippen molar-refractivity contribution in [1.82, 2.24) is 20.2 Å². The Labute approximate surface area is 153 Å². The number of amides is 1. The maximum absolute atomic E-state index is 13.4. The number of rotatable bonds is 3. The zero-order valence-corrected chi connectivity index (χ0v) is 15.4. The number of carbonyl (C=O) groups excluding carboxylic acids is 1. The van der Waals surface area contributed by atoms with E-state index in [-0.39, 0.29) is 11.9 Å². The van der Waals surface area contributed by atoms with Gasteiger partial charge in [-0.25, -0.2) is 9.97 Å². The first-order valence-corrected chi connectivity index (χ1v) is 9.04. The number of aryl methyl sites for hydroxylation is 2. The van der Waals surface area contributed by atoms with Crippen molar-refractivity contribution in [2.75, 3.05) is 26.7 Å². The first kappa shape index (κ1) is 17.0. The number of nitrogens with one attached hydrogen (secondary N) is 1. The third-order valence-corrected chi connectivity index (χ3v) is 5.72. The van der Waals surface area contributed by atoms with Gasteiger partial charge in [0.05, 0.1) is 30.1 Å². The van der Waals surface area contributed by atoms with Crippen molar-refractivity contribution in [3.8, 4) is 5.75 Å². The number of ether oxygens (including phenoxy) is 1. The van der Waals surface area contributed by atoms with Crippen LogP contribution in [0.3, 0.4) is 0 Å². The molecule has 2 fully saturated rings. The van der Waals surface area contributed by atoms with E-state index in [1.165, 1.54) is 6.33 Å². The van der Waals surface area contributed by atoms with Crippen LogP contribution in [0.5, 0.6) is 5.75 Å². The molecule has 2 saturated heterocycles. The fraction of sp³-hybridized carbons (Fsp3) is 0.450. The normalized spacial score (nSPS) is 24.6. The molecule has 0 saturated carbocycles. The molecule has 0 aliphatic carbocycles. The first-order chi connectivity index (χ1) is 12.6. The molecule has 1 amide bonds. The number of nitrogens with zero attached hydrogens (tertiary/aromatic N) is 3. The Balaban J connectivity index is 1.72. The van der Waals surface area contributed by atoms with Gasteiger partial charge in [-0.3, -0.25) is 4.79 Å². The van der Waals surface area contributed by atoms with E-state index in [2.05, 4.69) is 27.4 Å². The van der Waals surface area contributed by atoms with Gasteiger partial charge in [-0.2, -0.15) is 0 Å². The fourth-order valence-corrected chi connectivity index (χ4v) is 4.40. The number of aromatic nitrogens is 2. The second-order valence-electron chi connectivity index (χ2n) is 7.18. The molecule has 1 N–H and O–H groups in total. The monoisotopic (exact) mass is 352 g/mol. The van der Waals surface area contributed by atoms with E-state index in [4.69, 9.17) is 4.74 Å². The Morgan fingerprint density at radius 1 is 1.15 bits per heavy atom. The summed E-state index contributed by atoms with van der Waals surface area (Å²) in [5.74, 6) is 1.78. The van der Waals surface area contributed by atoms with Crippen molar-refractivity contribution in [2.24, 2.45) is 11.8 Å². The summed E-state index contributed by atoms with van der Waals surface area (Å²) in [6, 6.07) is 8.15. The molecule has 3 atom stereocenters. The fourth-order valence-electron chi connectivity index (χ4n) is 4.40. The number of methoxy groups -OCH3 is 1. The zero-order chi connectivity index (χ0) is 18.3. The summed E-state index contributed by atoms with van der Waals surface area (Å²) in [6.07, 6.45) is 1.52. The van der Waals surface area contributed by atoms with Crippen molar-refractivity contribution in [1.29, 1.82) is 0 Å². The molecule has 2 aliphatic heterocycles. The second kappa shape index (κ2) is 6.68. The van der Waals surface area contributed by atoms with Gasteiger partial charge in [-0.1, -0.05) is 12.1 Å². The van der Waals surface area contributed by atoms with Crippen molar-refractivity contribution in [2.45, 2.75) is 19.9 Å². The predicted octanol–water partition coefficient (Wildman–Crippen LogP) is 2.13. The Kier molecular flexibility index (Phi) is 4.36. The summed E-state index contributed by atoms with van der Waals surface area (Å²) in [6.45, 7) is 6.42. The lowest BCUT2D eigenvalue weighted by atomic mass is 9.89. The Bertz CT molecular complexity index is 801. The number of fused-ring (bicyclic) bond motifs is 1. The number of benzene rings is 1. The molecular formula is C20H24N4O2. The van der Waals surface area contributed by atoms with Crippen molar-refractivity contribution in [3.63, 3.8) is 0 Å². The highest BCUT2D eigenvalue weighted by atomic mass is 16.5. The Morgan fingerprint density at radius 2 is 1.85 bits per heavy atom. The largest absolute Gasteiger partial charge is 0.497 e. The standard InChI is InChI=1S/C20H24N4O2/c1-12-18(13(2)23-11-22-12)20(25)24-10-15-8-21-9-17(15)19(24)14-4-6-16(26-3)7-5-14/h4-7,11,15,17,19,21H,8-10H2,1-3H3/t15-,17-,19-/m0/s1. The summed E-state index contributed by atoms with van der Waals surface area (Å²) in [7, 11) is 1.66. The van der Waals surface area contributed by atoms with Crippen LogP contribution in [0.2, 0.25) is 0 Å². The van der Waals surface area contributed by atoms with Gasteiger partial charge in [0.15, 0.2) is 0 Å². The lowest BCUT2D eigenvalue weighted by Gasteiger charge is -2.29. The van der Waals surface area contributed by atoms with Crippen LogP contribution < -0.4 is 10.1 Å². The highest BCUT2D eigenvalue weighted by molar-refractivity contribution is 5.96. The molecule has 136 valence electrons. The van der Waals surface area contributed by atoms with Crippen LogP contribution in [-0.4, -0.2) is 47.5 Å². The highest BCUT2D eigenvalue weighted by Crippen LogP contribution is 2.43. The minimum atomic E-state index is 0.0378. The third-order valence-electron chi connectivity index (χ3n) is 5.72. The van der Waals surface area contributed by atoms with E-state index in [0.717, 1.165) is 42.3 Å². The zero-order valence-electron chi connectivity index (χ0n) is 15.4. The lowest BCUT2D eigenvalue weighted by Crippen LogP contribution is -2.35. The minimum absolute atomic E-state index is 0.0378. The molecule has 6 nitrogen and oxygen atoms in total. The maximum atomic E-state index is 13.4. The number of hydrogen-bond donors (Lipinski definition) is 1. The predicted molar refractivity (Wildman–Crippen MR) is 98.1 cm³/mol. The topological polar surface area (TPSA) is 67.3 Å². The summed E-state index contributed by atoms with van der Waals surface area (Å²) in [4.78, 5) is 23.9. The summed E-state index contributed by atoms with van der Waals surface area (Å²) >= 11 is 0. The van der Waals surface area contributed by atoms with Crippen LogP contribution in [0.4, 0.5) is 0 Å². The molecule has 1 aromatic heterocycles. The minimum Gasteiger partial charge on any atom is -0.497 e. The van der Waals surface area contributed by atoms with Crippen LogP contribution in [0.1, 0.15) is 33.4 Å². The second-order valence-corrected chi connectivity index (χ2v) is 7.18. The molecule has 26 heavy (non-hydrogen) atoms. The van der Waals surface area contributed by atoms with Gasteiger partial charge >= 0.3 is 0 Å². The lowest BCUT2D eigenvalue weighted by molar-refractivity contribution is 0.0711. The van der Waals surface area contributed by atoms with Crippen LogP contribution in [0.15, 0.2) is 30.6 Å². The Morgan fingerprint density at radius 3 is 2.50 bits per heavy atom. The van der Waals surface area contributed by atoms with E-state index in [0.29, 0.717) is 17.4 Å². The van der Waals surface area contributed by atoms with E-state index >= 15 is 0 Å². The quantitative estimate of drug-likeness (QED) is 0.917. The van der Waals surface area contributed by atoms with E-state index in [1.807, 2.05) is 30.9 Å². The van der Waals surface area contributed by atoms with E-state index in [1.54, 1.807) is 7.11 Å². The van der Waals surface area contributed by atoms with Gasteiger partial charge in [0.25, 0.3) is 5.91 Å². The van der Waals surface area contributed by atoms with Gasteiger partial charge in [0.2, 0.25) is 0 Å². The van der Waals surface area contributed by atoms with E-state index < -0.39 is 0 Å². The van der Waals surface area contributed by atoms with Crippen molar-refractivity contribution >= 4 is 5.91 Å². The van der Waals surface area contributed by atoms with Crippen LogP contribution >= 0.6 is 0 Å². The molecule has 2 aliphatic rings. The molecule has 2 aromatic rings. The highest BCUT2D eigenvalue weighted by Gasteiger charge is 2.47. The van der Waals surface area contributed by atoms with Gasteiger partial charge < -0.3 is 15.0 Å². The van der Waals surface area contributed by atoms with Gasteiger partial charge in [-0.15, -0.1) is 0 Å². The third kappa shape index (κ3) is 2.74. The van der Waals surface area contributed by atoms with Crippen LogP contribution in [0, 0.1) is 25.7 Å². The molecule has 0 bridgehead atoms. The molecule has 4 rings (SSSR count). The molecule has 0 spiro atoms. The molecule has 0 radical (unpaired) electrons. The average Bonchev–Trinajstić information content (AvgIpc) is 3.22. The summed E-state index contributed by atoms with van der Waals surface area (Å²) in [5, 5.41) is 3.48. The molecule has 6 heteroatoms. The number of hydrogen-bond acceptors (Lipinski definition) is 5. The number of carbonyl (C=O) groups is 1. The van der Waals surface area contributed by atoms with Gasteiger partial charge in [0.1, 0.15) is 12.1 Å². The van der Waals surface area contributed by atoms with Gasteiger partial charge in [-0.05, 0) is 37.5 Å². The first-order valence-electron chi connectivity index (χ1n) is 9.04. The Hall–Kier alpha value is -2.47.